The summed E-state index contributed by atoms with van der Waals surface area (Å²) < 4.78 is 13.5. The lowest BCUT2D eigenvalue weighted by atomic mass is 10.1. The first-order valence-electron chi connectivity index (χ1n) is 6.29. The third-order valence-electron chi connectivity index (χ3n) is 2.93. The maximum atomic E-state index is 13.5. The maximum Gasteiger partial charge on any atom is 0.160 e. The van der Waals surface area contributed by atoms with E-state index in [9.17, 15) is 19.7 Å². The van der Waals surface area contributed by atoms with E-state index in [2.05, 4.69) is 9.97 Å². The predicted octanol–water partition coefficient (Wildman–Crippen LogP) is -2.54. The third kappa shape index (κ3) is 4.92. The van der Waals surface area contributed by atoms with Crippen molar-refractivity contribution in [3.63, 3.8) is 0 Å². The Kier molecular flexibility index (Phi) is 7.02. The number of nitrogens with zero attached hydrogens (tertiary/aromatic N) is 2. The van der Waals surface area contributed by atoms with Crippen LogP contribution in [0.1, 0.15) is 17.5 Å². The van der Waals surface area contributed by atoms with Crippen molar-refractivity contribution in [2.24, 2.45) is 0 Å². The van der Waals surface area contributed by atoms with Crippen molar-refractivity contribution < 1.29 is 35.0 Å². The summed E-state index contributed by atoms with van der Waals surface area (Å²) in [6, 6.07) is 0. The van der Waals surface area contributed by atoms with Crippen LogP contribution in [0, 0.1) is 0 Å². The quantitative estimate of drug-likeness (QED) is 0.308. The number of rotatable bonds is 8. The van der Waals surface area contributed by atoms with Gasteiger partial charge in [0.25, 0.3) is 0 Å². The average Bonchev–Trinajstić information content (AvgIpc) is 2.52. The second kappa shape index (κ2) is 8.27. The van der Waals surface area contributed by atoms with E-state index in [1.807, 2.05) is 0 Å². The van der Waals surface area contributed by atoms with Crippen LogP contribution < -0.4 is 0 Å². The van der Waals surface area contributed by atoms with Gasteiger partial charge in [-0.15, -0.1) is 0 Å². The van der Waals surface area contributed by atoms with Gasteiger partial charge in [-0.05, 0) is 0 Å². The molecule has 9 heteroatoms. The molecule has 0 aromatic carbocycles. The zero-order valence-corrected chi connectivity index (χ0v) is 11.1. The van der Waals surface area contributed by atoms with E-state index < -0.39 is 43.8 Å². The highest BCUT2D eigenvalue weighted by Gasteiger charge is 2.28. The monoisotopic (exact) mass is 306 g/mol. The van der Waals surface area contributed by atoms with E-state index >= 15 is 0 Å². The fourth-order valence-electron chi connectivity index (χ4n) is 1.57. The van der Waals surface area contributed by atoms with Gasteiger partial charge in [0.15, 0.2) is 6.17 Å². The molecule has 1 rings (SSSR count). The molecule has 0 saturated heterocycles. The molecular weight excluding hydrogens is 287 g/mol. The highest BCUT2D eigenvalue weighted by molar-refractivity contribution is 5.08. The number of aromatic nitrogens is 2. The zero-order valence-electron chi connectivity index (χ0n) is 11.1. The lowest BCUT2D eigenvalue weighted by molar-refractivity contribution is -0.0367. The van der Waals surface area contributed by atoms with E-state index in [1.165, 1.54) is 6.20 Å². The van der Waals surface area contributed by atoms with Gasteiger partial charge in [-0.3, -0.25) is 9.97 Å². The van der Waals surface area contributed by atoms with Crippen molar-refractivity contribution >= 4 is 0 Å². The Labute approximate surface area is 120 Å². The van der Waals surface area contributed by atoms with Gasteiger partial charge in [-0.25, -0.2) is 4.39 Å². The maximum absolute atomic E-state index is 13.5. The number of aliphatic hydroxyl groups excluding tert-OH is 6. The number of halogens is 1. The smallest absolute Gasteiger partial charge is 0.160 e. The molecule has 0 radical (unpaired) electrons. The van der Waals surface area contributed by atoms with Crippen molar-refractivity contribution in [1.82, 2.24) is 9.97 Å². The van der Waals surface area contributed by atoms with Gasteiger partial charge in [0.1, 0.15) is 18.3 Å². The standard InChI is InChI=1S/C12H19FN2O6/c13-11(10(20)5-17)12(21)7-3-14-6(2-15-7)1-8(18)9(19)4-16/h2-3,8-12,16-21H,1,4-5H2/t8-,9+,10+,11+,12+/m0/s1. The van der Waals surface area contributed by atoms with Crippen molar-refractivity contribution in [1.29, 1.82) is 0 Å². The Bertz CT molecular complexity index is 421. The van der Waals surface area contributed by atoms with Gasteiger partial charge < -0.3 is 30.6 Å². The van der Waals surface area contributed by atoms with Gasteiger partial charge in [0.2, 0.25) is 0 Å². The summed E-state index contributed by atoms with van der Waals surface area (Å²) in [4.78, 5) is 7.59. The second-order valence-electron chi connectivity index (χ2n) is 4.59. The summed E-state index contributed by atoms with van der Waals surface area (Å²) in [5.41, 5.74) is 0.125. The van der Waals surface area contributed by atoms with E-state index in [4.69, 9.17) is 15.3 Å². The minimum atomic E-state index is -2.11. The highest BCUT2D eigenvalue weighted by atomic mass is 19.1. The van der Waals surface area contributed by atoms with Crippen LogP contribution in [0.3, 0.4) is 0 Å². The molecule has 0 aliphatic heterocycles. The van der Waals surface area contributed by atoms with Crippen LogP contribution in [0.4, 0.5) is 4.39 Å². The van der Waals surface area contributed by atoms with Crippen LogP contribution in [0.25, 0.3) is 0 Å². The molecular formula is C12H19FN2O6. The number of aliphatic hydroxyl groups is 6. The van der Waals surface area contributed by atoms with Gasteiger partial charge in [-0.2, -0.15) is 0 Å². The molecule has 0 spiro atoms. The van der Waals surface area contributed by atoms with Gasteiger partial charge in [-0.1, -0.05) is 0 Å². The molecule has 0 unspecified atom stereocenters. The van der Waals surface area contributed by atoms with E-state index in [1.54, 1.807) is 0 Å². The predicted molar refractivity (Wildman–Crippen MR) is 67.8 cm³/mol. The molecule has 120 valence electrons. The molecule has 0 aliphatic carbocycles. The molecule has 1 heterocycles. The topological polar surface area (TPSA) is 147 Å². The molecule has 0 bridgehead atoms. The van der Waals surface area contributed by atoms with Crippen LogP contribution >= 0.6 is 0 Å². The minimum Gasteiger partial charge on any atom is -0.394 e. The molecule has 0 fully saturated rings. The highest BCUT2D eigenvalue weighted by Crippen LogP contribution is 2.19. The summed E-state index contributed by atoms with van der Waals surface area (Å²) in [5, 5.41) is 54.7. The first-order chi connectivity index (χ1) is 9.90. The number of hydrogen-bond acceptors (Lipinski definition) is 8. The van der Waals surface area contributed by atoms with E-state index in [0.717, 1.165) is 6.20 Å². The third-order valence-corrected chi connectivity index (χ3v) is 2.93. The Hall–Kier alpha value is -1.23. The molecule has 8 nitrogen and oxygen atoms in total. The van der Waals surface area contributed by atoms with Crippen molar-refractivity contribution in [3.05, 3.63) is 23.8 Å². The SMILES string of the molecule is OC[C@@H](O)[C@@H](F)[C@H](O)c1cnc(C[C@H](O)[C@H](O)CO)cn1. The molecule has 21 heavy (non-hydrogen) atoms. The fraction of sp³-hybridized carbons (Fsp3) is 0.667. The van der Waals surface area contributed by atoms with Crippen LogP contribution in [0.2, 0.25) is 0 Å². The second-order valence-corrected chi connectivity index (χ2v) is 4.59. The largest absolute Gasteiger partial charge is 0.394 e. The molecule has 5 atom stereocenters. The van der Waals surface area contributed by atoms with Crippen LogP contribution in [0.15, 0.2) is 12.4 Å². The van der Waals surface area contributed by atoms with Gasteiger partial charge >= 0.3 is 0 Å². The Morgan fingerprint density at radius 3 is 2.00 bits per heavy atom. The molecule has 1 aromatic heterocycles. The molecule has 6 N–H and O–H groups in total. The first-order valence-corrected chi connectivity index (χ1v) is 6.29. The van der Waals surface area contributed by atoms with Crippen LogP contribution in [0.5, 0.6) is 0 Å². The van der Waals surface area contributed by atoms with Crippen molar-refractivity contribution in [2.45, 2.75) is 37.0 Å². The summed E-state index contributed by atoms with van der Waals surface area (Å²) in [6.07, 6.45) is -5.99. The zero-order chi connectivity index (χ0) is 16.0. The number of alkyl halides is 1. The van der Waals surface area contributed by atoms with Crippen molar-refractivity contribution in [2.75, 3.05) is 13.2 Å². The van der Waals surface area contributed by atoms with Gasteiger partial charge in [0, 0.05) is 12.6 Å². The molecule has 1 aromatic rings. The summed E-state index contributed by atoms with van der Waals surface area (Å²) in [6.45, 7) is -1.44. The normalized spacial score (nSPS) is 18.8. The van der Waals surface area contributed by atoms with E-state index in [-0.39, 0.29) is 17.8 Å². The lowest BCUT2D eigenvalue weighted by Gasteiger charge is -2.19. The Morgan fingerprint density at radius 2 is 1.52 bits per heavy atom. The molecule has 0 amide bonds. The van der Waals surface area contributed by atoms with Crippen LogP contribution in [-0.2, 0) is 6.42 Å². The lowest BCUT2D eigenvalue weighted by Crippen LogP contribution is -2.32. The molecule has 0 saturated carbocycles. The minimum absolute atomic E-state index is 0.0799. The van der Waals surface area contributed by atoms with Crippen molar-refractivity contribution in [3.8, 4) is 0 Å². The summed E-state index contributed by atoms with van der Waals surface area (Å²) in [7, 11) is 0. The fourth-order valence-corrected chi connectivity index (χ4v) is 1.57. The van der Waals surface area contributed by atoms with Gasteiger partial charge in [0.05, 0.1) is 36.9 Å². The van der Waals surface area contributed by atoms with Crippen LogP contribution in [-0.4, -0.2) is 78.3 Å². The Balaban J connectivity index is 2.69. The van der Waals surface area contributed by atoms with E-state index in [0.29, 0.717) is 0 Å². The molecule has 0 aliphatic rings. The first kappa shape index (κ1) is 17.8. The average molecular weight is 306 g/mol. The Morgan fingerprint density at radius 1 is 0.905 bits per heavy atom. The summed E-state index contributed by atoms with van der Waals surface area (Å²) >= 11 is 0. The summed E-state index contributed by atoms with van der Waals surface area (Å²) in [5.74, 6) is 0. The number of hydrogen-bond donors (Lipinski definition) is 6.